The minimum Gasteiger partial charge on any atom is -0.432 e. The van der Waals surface area contributed by atoms with Crippen LogP contribution in [-0.2, 0) is 26.2 Å². The van der Waals surface area contributed by atoms with Gasteiger partial charge < -0.3 is 4.80 Å². The van der Waals surface area contributed by atoms with Crippen LogP contribution >= 0.6 is 0 Å². The van der Waals surface area contributed by atoms with Crippen molar-refractivity contribution >= 4 is 8.32 Å². The van der Waals surface area contributed by atoms with Crippen molar-refractivity contribution in [2.45, 2.75) is 38.9 Å². The molecule has 0 amide bonds. The van der Waals surface area contributed by atoms with Crippen LogP contribution in [0, 0.1) is 0 Å². The molecule has 3 heteroatoms. The summed E-state index contributed by atoms with van der Waals surface area (Å²) in [5.74, 6) is 0. The molecule has 0 aromatic rings. The molecule has 1 nitrogen and oxygen atoms in total. The van der Waals surface area contributed by atoms with Gasteiger partial charge in [0, 0.05) is 26.2 Å². The monoisotopic (exact) mass is 222 g/mol. The Hall–Kier alpha value is 1.06. The molecule has 0 radical (unpaired) electrons. The van der Waals surface area contributed by atoms with E-state index in [-0.39, 0.29) is 26.2 Å². The first-order chi connectivity index (χ1) is 3.68. The van der Waals surface area contributed by atoms with Gasteiger partial charge in [0.05, 0.1) is 0 Å². The Morgan fingerprint density at radius 3 is 1.22 bits per heavy atom. The summed E-state index contributed by atoms with van der Waals surface area (Å²) in [6.45, 7) is 6.25. The van der Waals surface area contributed by atoms with E-state index in [1.165, 1.54) is 0 Å². The fourth-order valence-corrected chi connectivity index (χ4v) is 2.25. The molecule has 0 aromatic heterocycles. The maximum Gasteiger partial charge on any atom is 0.187 e. The van der Waals surface area contributed by atoms with Crippen molar-refractivity contribution in [3.8, 4) is 0 Å². The maximum atomic E-state index is 9.58. The Morgan fingerprint density at radius 2 is 1.22 bits per heavy atom. The van der Waals surface area contributed by atoms with Crippen LogP contribution in [0.15, 0.2) is 0 Å². The zero-order valence-electron chi connectivity index (χ0n) is 6.57. The van der Waals surface area contributed by atoms with Gasteiger partial charge in [0.25, 0.3) is 0 Å². The number of rotatable bonds is 3. The van der Waals surface area contributed by atoms with Gasteiger partial charge in [-0.05, 0) is 18.1 Å². The Balaban J connectivity index is 0. The fourth-order valence-electron chi connectivity index (χ4n) is 0.750. The molecule has 0 atom stereocenters. The Kier molecular flexibility index (Phi) is 8.21. The summed E-state index contributed by atoms with van der Waals surface area (Å²) in [7, 11) is -1.67. The first-order valence-electron chi connectivity index (χ1n) is 3.41. The summed E-state index contributed by atoms with van der Waals surface area (Å²) in [5, 5.41) is 0. The van der Waals surface area contributed by atoms with Crippen LogP contribution in [0.3, 0.4) is 0 Å². The molecule has 0 rings (SSSR count). The second-order valence-corrected chi connectivity index (χ2v) is 6.86. The van der Waals surface area contributed by atoms with Gasteiger partial charge in [-0.2, -0.15) is 0 Å². The van der Waals surface area contributed by atoms with Gasteiger partial charge in [-0.1, -0.05) is 20.8 Å². The van der Waals surface area contributed by atoms with Crippen molar-refractivity contribution < 1.29 is 31.0 Å². The van der Waals surface area contributed by atoms with Crippen LogP contribution in [-0.4, -0.2) is 13.1 Å². The summed E-state index contributed by atoms with van der Waals surface area (Å²) in [6, 6.07) is 3.04. The average molecular weight is 224 g/mol. The summed E-state index contributed by atoms with van der Waals surface area (Å²) < 4.78 is 0. The van der Waals surface area contributed by atoms with Gasteiger partial charge in [-0.25, -0.2) is 0 Å². The molecule has 0 aliphatic carbocycles. The van der Waals surface area contributed by atoms with Crippen LogP contribution < -0.4 is 0 Å². The van der Waals surface area contributed by atoms with E-state index >= 15 is 0 Å². The molecule has 54 valence electrons. The summed E-state index contributed by atoms with van der Waals surface area (Å²) in [6.07, 6.45) is 0. The predicted molar refractivity (Wildman–Crippen MR) is 39.4 cm³/mol. The van der Waals surface area contributed by atoms with Crippen LogP contribution in [0.1, 0.15) is 20.8 Å². The van der Waals surface area contributed by atoms with E-state index in [0.717, 1.165) is 18.1 Å². The summed E-state index contributed by atoms with van der Waals surface area (Å²) in [4.78, 5) is 9.58. The van der Waals surface area contributed by atoms with E-state index in [0.29, 0.717) is 0 Å². The molecule has 0 spiro atoms. The molecular weight excluding hydrogens is 207 g/mol. The molecule has 0 unspecified atom stereocenters. The van der Waals surface area contributed by atoms with E-state index in [1.807, 2.05) is 0 Å². The predicted octanol–water partition coefficient (Wildman–Crippen LogP) is 1.98. The normalized spacial score (nSPS) is 10.7. The van der Waals surface area contributed by atoms with Gasteiger partial charge in [0.15, 0.2) is 8.32 Å². The largest absolute Gasteiger partial charge is 0.432 e. The average Bonchev–Trinajstić information content (AvgIpc) is 1.87. The fraction of sp³-hybridized carbons (Fsp3) is 1.00. The van der Waals surface area contributed by atoms with Crippen molar-refractivity contribution in [2.24, 2.45) is 0 Å². The van der Waals surface area contributed by atoms with Gasteiger partial charge in [-0.3, -0.25) is 0 Å². The smallest absolute Gasteiger partial charge is 0.187 e. The third kappa shape index (κ3) is 4.46. The quantitative estimate of drug-likeness (QED) is 0.726. The van der Waals surface area contributed by atoms with Crippen molar-refractivity contribution in [2.75, 3.05) is 0 Å². The molecule has 0 saturated heterocycles. The van der Waals surface area contributed by atoms with Gasteiger partial charge in [-0.15, -0.1) is 0 Å². The topological polar surface area (TPSA) is 20.2 Å². The van der Waals surface area contributed by atoms with E-state index in [1.54, 1.807) is 0 Å². The molecule has 1 N–H and O–H groups in total. The van der Waals surface area contributed by atoms with Gasteiger partial charge >= 0.3 is 0 Å². The molecular formula is C6H16OSiZr. The molecule has 0 aliphatic heterocycles. The standard InChI is InChI=1S/C6H16OSi.Zr/c1-4-8(7,5-2)6-3;/h7H,4-6H2,1-3H3;. The summed E-state index contributed by atoms with van der Waals surface area (Å²) >= 11 is 0. The van der Waals surface area contributed by atoms with Crippen LogP contribution in [0.5, 0.6) is 0 Å². The Bertz CT molecular complexity index is 55.8. The first-order valence-corrected chi connectivity index (χ1v) is 5.97. The maximum absolute atomic E-state index is 9.58. The van der Waals surface area contributed by atoms with Crippen LogP contribution in [0.4, 0.5) is 0 Å². The van der Waals surface area contributed by atoms with E-state index in [9.17, 15) is 4.80 Å². The molecule has 0 fully saturated rings. The number of hydrogen-bond acceptors (Lipinski definition) is 1. The molecule has 9 heavy (non-hydrogen) atoms. The summed E-state index contributed by atoms with van der Waals surface area (Å²) in [5.41, 5.74) is 0. The van der Waals surface area contributed by atoms with Crippen LogP contribution in [0.25, 0.3) is 0 Å². The SMILES string of the molecule is CC[Si](O)(CC)CC.[Zr]. The third-order valence-corrected chi connectivity index (χ3v) is 5.92. The molecule has 0 bridgehead atoms. The zero-order chi connectivity index (χ0) is 6.62. The van der Waals surface area contributed by atoms with Crippen molar-refractivity contribution in [1.82, 2.24) is 0 Å². The zero-order valence-corrected chi connectivity index (χ0v) is 10.0. The molecule has 0 aliphatic rings. The first kappa shape index (κ1) is 12.7. The van der Waals surface area contributed by atoms with E-state index < -0.39 is 8.32 Å². The molecule has 0 saturated carbocycles. The Morgan fingerprint density at radius 1 is 1.00 bits per heavy atom. The van der Waals surface area contributed by atoms with Crippen molar-refractivity contribution in [3.63, 3.8) is 0 Å². The van der Waals surface area contributed by atoms with E-state index in [2.05, 4.69) is 20.8 Å². The van der Waals surface area contributed by atoms with Gasteiger partial charge in [0.2, 0.25) is 0 Å². The molecule has 0 aromatic carbocycles. The second-order valence-electron chi connectivity index (χ2n) is 2.29. The van der Waals surface area contributed by atoms with Crippen LogP contribution in [0.2, 0.25) is 18.1 Å². The second kappa shape index (κ2) is 5.82. The van der Waals surface area contributed by atoms with Gasteiger partial charge in [0.1, 0.15) is 0 Å². The Labute approximate surface area is 78.1 Å². The minimum absolute atomic E-state index is 0. The minimum atomic E-state index is -1.67. The molecule has 0 heterocycles. The third-order valence-electron chi connectivity index (χ3n) is 1.97. The number of hydrogen-bond donors (Lipinski definition) is 1. The van der Waals surface area contributed by atoms with Crippen molar-refractivity contribution in [1.29, 1.82) is 0 Å². The van der Waals surface area contributed by atoms with Crippen molar-refractivity contribution in [3.05, 3.63) is 0 Å². The van der Waals surface area contributed by atoms with E-state index in [4.69, 9.17) is 0 Å².